The first-order chi connectivity index (χ1) is 10.2. The summed E-state index contributed by atoms with van der Waals surface area (Å²) in [5.74, 6) is 0. The average Bonchev–Trinajstić information content (AvgIpc) is 2.78. The van der Waals surface area contributed by atoms with Gasteiger partial charge in [0, 0.05) is 12.1 Å². The van der Waals surface area contributed by atoms with E-state index in [0.29, 0.717) is 12.1 Å². The van der Waals surface area contributed by atoms with Crippen LogP contribution in [0.5, 0.6) is 0 Å². The minimum absolute atomic E-state index is 0.0256. The molecule has 2 aliphatic rings. The van der Waals surface area contributed by atoms with Gasteiger partial charge in [-0.25, -0.2) is 9.34 Å². The van der Waals surface area contributed by atoms with Crippen LogP contribution in [0.25, 0.3) is 0 Å². The summed E-state index contributed by atoms with van der Waals surface area (Å²) in [6, 6.07) is 11.7. The molecule has 3 nitrogen and oxygen atoms in total. The summed E-state index contributed by atoms with van der Waals surface area (Å²) in [4.78, 5) is 0. The topological polar surface area (TPSA) is 15.7 Å². The molecule has 0 spiro atoms. The van der Waals surface area contributed by atoms with Gasteiger partial charge in [0.2, 0.25) is 0 Å². The van der Waals surface area contributed by atoms with Gasteiger partial charge < -0.3 is 4.52 Å². The highest BCUT2D eigenvalue weighted by Crippen LogP contribution is 2.58. The molecule has 1 aromatic rings. The minimum atomic E-state index is -0.691. The Morgan fingerprint density at radius 2 is 1.71 bits per heavy atom. The standard InChI is InChI=1S/C17H25N2OP/c1-4-17(14-10-6-5-7-11-14)20-21-18(2)15-12-8-9-13-16(15)19(21)3/h4-7,10-11,15-17H,1,8-9,12-13H2,2-3H3/t15-,16-,17-/m1/s1. The molecule has 1 aliphatic carbocycles. The largest absolute Gasteiger partial charge is 0.319 e. The maximum atomic E-state index is 6.46. The van der Waals surface area contributed by atoms with Crippen molar-refractivity contribution in [3.05, 3.63) is 48.6 Å². The smallest absolute Gasteiger partial charge is 0.188 e. The summed E-state index contributed by atoms with van der Waals surface area (Å²) < 4.78 is 11.4. The second-order valence-electron chi connectivity index (χ2n) is 5.99. The zero-order chi connectivity index (χ0) is 14.8. The van der Waals surface area contributed by atoms with Crippen LogP contribution < -0.4 is 0 Å². The maximum absolute atomic E-state index is 6.46. The number of rotatable bonds is 4. The lowest BCUT2D eigenvalue weighted by atomic mass is 9.91. The van der Waals surface area contributed by atoms with Crippen molar-refractivity contribution in [2.24, 2.45) is 0 Å². The summed E-state index contributed by atoms with van der Waals surface area (Å²) in [6.07, 6.45) is 7.21. The molecule has 0 N–H and O–H groups in total. The predicted octanol–water partition coefficient (Wildman–Crippen LogP) is 4.35. The monoisotopic (exact) mass is 304 g/mol. The summed E-state index contributed by atoms with van der Waals surface area (Å²) in [7, 11) is 3.76. The number of hydrogen-bond acceptors (Lipinski definition) is 3. The van der Waals surface area contributed by atoms with Crippen LogP contribution in [0.1, 0.15) is 37.4 Å². The predicted molar refractivity (Wildman–Crippen MR) is 89.0 cm³/mol. The molecule has 0 radical (unpaired) electrons. The van der Waals surface area contributed by atoms with Gasteiger partial charge in [-0.3, -0.25) is 0 Å². The van der Waals surface area contributed by atoms with Gasteiger partial charge >= 0.3 is 0 Å². The molecule has 4 heteroatoms. The van der Waals surface area contributed by atoms with Crippen LogP contribution in [0, 0.1) is 0 Å². The van der Waals surface area contributed by atoms with Crippen molar-refractivity contribution in [2.45, 2.75) is 43.9 Å². The fourth-order valence-electron chi connectivity index (χ4n) is 3.57. The van der Waals surface area contributed by atoms with E-state index in [9.17, 15) is 0 Å². The molecule has 1 aromatic carbocycles. The lowest BCUT2D eigenvalue weighted by Crippen LogP contribution is -2.37. The fourth-order valence-corrected chi connectivity index (χ4v) is 5.77. The van der Waals surface area contributed by atoms with Crippen molar-refractivity contribution in [2.75, 3.05) is 14.1 Å². The molecule has 21 heavy (non-hydrogen) atoms. The van der Waals surface area contributed by atoms with E-state index in [1.807, 2.05) is 12.1 Å². The Morgan fingerprint density at radius 3 is 2.24 bits per heavy atom. The molecule has 1 aliphatic heterocycles. The van der Waals surface area contributed by atoms with Crippen molar-refractivity contribution < 1.29 is 4.52 Å². The molecular formula is C17H25N2OP. The summed E-state index contributed by atoms with van der Waals surface area (Å²) >= 11 is 0. The van der Waals surface area contributed by atoms with E-state index in [2.05, 4.69) is 54.3 Å². The van der Waals surface area contributed by atoms with Crippen molar-refractivity contribution in [3.63, 3.8) is 0 Å². The molecule has 0 unspecified atom stereocenters. The fraction of sp³-hybridized carbons (Fsp3) is 0.529. The third-order valence-corrected chi connectivity index (χ3v) is 6.83. The van der Waals surface area contributed by atoms with Gasteiger partial charge in [-0.05, 0) is 32.5 Å². The Labute approximate surface area is 129 Å². The zero-order valence-corrected chi connectivity index (χ0v) is 13.9. The number of fused-ring (bicyclic) bond motifs is 1. The molecule has 0 bridgehead atoms. The lowest BCUT2D eigenvalue weighted by molar-refractivity contribution is 0.233. The Bertz CT molecular complexity index is 463. The lowest BCUT2D eigenvalue weighted by Gasteiger charge is -2.28. The van der Waals surface area contributed by atoms with E-state index < -0.39 is 8.45 Å². The van der Waals surface area contributed by atoms with Crippen molar-refractivity contribution in [1.29, 1.82) is 0 Å². The van der Waals surface area contributed by atoms with E-state index in [1.165, 1.54) is 31.2 Å². The molecule has 0 amide bonds. The highest BCUT2D eigenvalue weighted by Gasteiger charge is 2.46. The van der Waals surface area contributed by atoms with Crippen LogP contribution >= 0.6 is 8.45 Å². The highest BCUT2D eigenvalue weighted by molar-refractivity contribution is 7.47. The first kappa shape index (κ1) is 15.2. The molecule has 3 atom stereocenters. The number of nitrogens with zero attached hydrogens (tertiary/aromatic N) is 2. The molecule has 0 aromatic heterocycles. The maximum Gasteiger partial charge on any atom is 0.188 e. The molecular weight excluding hydrogens is 279 g/mol. The Kier molecular flexibility index (Phi) is 4.75. The SMILES string of the molecule is C=C[C@@H](OP1N(C)[C@@H]2CCCC[C@H]2N1C)c1ccccc1. The van der Waals surface area contributed by atoms with Gasteiger partial charge in [0.15, 0.2) is 8.45 Å². The Morgan fingerprint density at radius 1 is 1.14 bits per heavy atom. The van der Waals surface area contributed by atoms with Crippen LogP contribution in [-0.4, -0.2) is 35.5 Å². The first-order valence-corrected chi connectivity index (χ1v) is 8.99. The normalized spacial score (nSPS) is 29.2. The number of hydrogen-bond donors (Lipinski definition) is 0. The first-order valence-electron chi connectivity index (χ1n) is 7.82. The van der Waals surface area contributed by atoms with Crippen LogP contribution in [-0.2, 0) is 4.52 Å². The van der Waals surface area contributed by atoms with E-state index in [0.717, 1.165) is 0 Å². The van der Waals surface area contributed by atoms with Crippen molar-refractivity contribution in [1.82, 2.24) is 9.34 Å². The number of likely N-dealkylation sites (N-methyl/N-ethyl adjacent to an activating group) is 2. The Balaban J connectivity index is 1.75. The van der Waals surface area contributed by atoms with Gasteiger partial charge in [0.25, 0.3) is 0 Å². The van der Waals surface area contributed by atoms with Gasteiger partial charge in [-0.1, -0.05) is 49.2 Å². The summed E-state index contributed by atoms with van der Waals surface area (Å²) in [5.41, 5.74) is 1.19. The molecule has 1 saturated heterocycles. The van der Waals surface area contributed by atoms with Crippen LogP contribution in [0.15, 0.2) is 43.0 Å². The molecule has 3 rings (SSSR count). The zero-order valence-electron chi connectivity index (χ0n) is 13.0. The molecule has 1 saturated carbocycles. The van der Waals surface area contributed by atoms with Crippen LogP contribution in [0.3, 0.4) is 0 Å². The van der Waals surface area contributed by atoms with Gasteiger partial charge in [-0.15, -0.1) is 6.58 Å². The molecule has 1 heterocycles. The minimum Gasteiger partial charge on any atom is -0.319 e. The van der Waals surface area contributed by atoms with Crippen LogP contribution in [0.2, 0.25) is 0 Å². The number of benzene rings is 1. The molecule has 114 valence electrons. The van der Waals surface area contributed by atoms with Gasteiger partial charge in [-0.2, -0.15) is 0 Å². The summed E-state index contributed by atoms with van der Waals surface area (Å²) in [5, 5.41) is 0. The second-order valence-corrected chi connectivity index (χ2v) is 7.97. The van der Waals surface area contributed by atoms with E-state index >= 15 is 0 Å². The van der Waals surface area contributed by atoms with E-state index in [4.69, 9.17) is 4.52 Å². The van der Waals surface area contributed by atoms with Crippen LogP contribution in [0.4, 0.5) is 0 Å². The summed E-state index contributed by atoms with van der Waals surface area (Å²) in [6.45, 7) is 3.97. The second kappa shape index (κ2) is 6.58. The van der Waals surface area contributed by atoms with E-state index in [1.54, 1.807) is 0 Å². The quantitative estimate of drug-likeness (QED) is 0.608. The third-order valence-electron chi connectivity index (χ3n) is 4.74. The van der Waals surface area contributed by atoms with Crippen molar-refractivity contribution in [3.8, 4) is 0 Å². The van der Waals surface area contributed by atoms with E-state index in [-0.39, 0.29) is 6.10 Å². The van der Waals surface area contributed by atoms with Gasteiger partial charge in [0.05, 0.1) is 0 Å². The molecule has 2 fully saturated rings. The Hall–Kier alpha value is -0.730. The van der Waals surface area contributed by atoms with Crippen molar-refractivity contribution >= 4 is 8.45 Å². The third kappa shape index (κ3) is 2.93. The van der Waals surface area contributed by atoms with Gasteiger partial charge in [0.1, 0.15) is 6.10 Å². The average molecular weight is 304 g/mol. The highest BCUT2D eigenvalue weighted by atomic mass is 31.2.